The average molecular weight is 321 g/mol. The standard InChI is InChI=1S/C23H44/c1-3-5-7-9-11-13-15-17-19-21-23-22-20-18-16-14-12-10-8-6-4-2/h5,7,17,19H,3-4,6,8-16,18,20-23H2,1-2H3/b7-5+,19-17+. The van der Waals surface area contributed by atoms with E-state index in [4.69, 9.17) is 0 Å². The van der Waals surface area contributed by atoms with E-state index < -0.39 is 0 Å². The molecule has 0 aromatic rings. The third-order valence-corrected chi connectivity index (χ3v) is 4.53. The minimum Gasteiger partial charge on any atom is -0.0888 e. The molecule has 0 aromatic heterocycles. The molecular formula is C23H44. The molecule has 0 aliphatic heterocycles. The molecule has 136 valence electrons. The van der Waals surface area contributed by atoms with Gasteiger partial charge >= 0.3 is 0 Å². The summed E-state index contributed by atoms with van der Waals surface area (Å²) in [7, 11) is 0. The largest absolute Gasteiger partial charge is 0.0888 e. The highest BCUT2D eigenvalue weighted by Gasteiger charge is 1.92. The van der Waals surface area contributed by atoms with Gasteiger partial charge in [0.2, 0.25) is 0 Å². The first kappa shape index (κ1) is 22.5. The Morgan fingerprint density at radius 2 is 0.739 bits per heavy atom. The molecule has 0 aromatic carbocycles. The second-order valence-electron chi connectivity index (χ2n) is 6.96. The van der Waals surface area contributed by atoms with Gasteiger partial charge in [0, 0.05) is 0 Å². The highest BCUT2D eigenvalue weighted by Crippen LogP contribution is 2.12. The Labute approximate surface area is 147 Å². The Balaban J connectivity index is 3.06. The van der Waals surface area contributed by atoms with E-state index in [1.165, 1.54) is 109 Å². The van der Waals surface area contributed by atoms with E-state index in [-0.39, 0.29) is 0 Å². The smallest absolute Gasteiger partial charge is 0.0351 e. The molecule has 0 heterocycles. The van der Waals surface area contributed by atoms with Gasteiger partial charge in [-0.15, -0.1) is 0 Å². The maximum atomic E-state index is 2.41. The van der Waals surface area contributed by atoms with Gasteiger partial charge in [0.25, 0.3) is 0 Å². The molecule has 0 amide bonds. The zero-order valence-corrected chi connectivity index (χ0v) is 16.3. The summed E-state index contributed by atoms with van der Waals surface area (Å²) >= 11 is 0. The van der Waals surface area contributed by atoms with Crippen molar-refractivity contribution in [2.45, 2.75) is 123 Å². The monoisotopic (exact) mass is 320 g/mol. The van der Waals surface area contributed by atoms with Crippen LogP contribution in [0.2, 0.25) is 0 Å². The number of unbranched alkanes of at least 4 members (excludes halogenated alkanes) is 14. The topological polar surface area (TPSA) is 0 Å². The van der Waals surface area contributed by atoms with Crippen LogP contribution in [0.3, 0.4) is 0 Å². The maximum absolute atomic E-state index is 2.41. The summed E-state index contributed by atoms with van der Waals surface area (Å²) < 4.78 is 0. The van der Waals surface area contributed by atoms with Crippen molar-refractivity contribution in [2.24, 2.45) is 0 Å². The molecule has 0 bridgehead atoms. The van der Waals surface area contributed by atoms with Crippen LogP contribution in [0.4, 0.5) is 0 Å². The molecule has 0 spiro atoms. The highest BCUT2D eigenvalue weighted by molar-refractivity contribution is 4.83. The predicted molar refractivity (Wildman–Crippen MR) is 108 cm³/mol. The van der Waals surface area contributed by atoms with Crippen LogP contribution in [0.1, 0.15) is 123 Å². The Morgan fingerprint density at radius 3 is 1.17 bits per heavy atom. The molecule has 0 rings (SSSR count). The molecule has 0 aliphatic rings. The van der Waals surface area contributed by atoms with E-state index in [9.17, 15) is 0 Å². The van der Waals surface area contributed by atoms with E-state index in [2.05, 4.69) is 38.2 Å². The molecule has 0 saturated carbocycles. The van der Waals surface area contributed by atoms with Crippen molar-refractivity contribution in [3.63, 3.8) is 0 Å². The van der Waals surface area contributed by atoms with E-state index >= 15 is 0 Å². The van der Waals surface area contributed by atoms with Crippen LogP contribution in [0.5, 0.6) is 0 Å². The molecule has 0 N–H and O–H groups in total. The lowest BCUT2D eigenvalue weighted by atomic mass is 10.1. The van der Waals surface area contributed by atoms with Crippen molar-refractivity contribution in [1.82, 2.24) is 0 Å². The second kappa shape index (κ2) is 21.5. The number of rotatable bonds is 18. The summed E-state index contributed by atoms with van der Waals surface area (Å²) in [5.41, 5.74) is 0. The number of hydrogen-bond acceptors (Lipinski definition) is 0. The molecular weight excluding hydrogens is 276 g/mol. The van der Waals surface area contributed by atoms with Crippen LogP contribution in [0.25, 0.3) is 0 Å². The summed E-state index contributed by atoms with van der Waals surface area (Å²) in [4.78, 5) is 0. The van der Waals surface area contributed by atoms with Gasteiger partial charge in [-0.1, -0.05) is 102 Å². The normalized spacial score (nSPS) is 11.9. The second-order valence-corrected chi connectivity index (χ2v) is 6.96. The number of allylic oxidation sites excluding steroid dienone is 4. The van der Waals surface area contributed by atoms with Crippen molar-refractivity contribution in [3.05, 3.63) is 24.3 Å². The molecule has 0 unspecified atom stereocenters. The lowest BCUT2D eigenvalue weighted by Crippen LogP contribution is -1.82. The fourth-order valence-corrected chi connectivity index (χ4v) is 2.97. The minimum absolute atomic E-state index is 1.18. The van der Waals surface area contributed by atoms with Gasteiger partial charge in [0.15, 0.2) is 0 Å². The Morgan fingerprint density at radius 1 is 0.391 bits per heavy atom. The zero-order chi connectivity index (χ0) is 16.8. The molecule has 0 heteroatoms. The SMILES string of the molecule is CC/C=C/CCCC/C=C/CCCCCCCCCCCCC. The van der Waals surface area contributed by atoms with Gasteiger partial charge < -0.3 is 0 Å². The predicted octanol–water partition coefficient (Wildman–Crippen LogP) is 8.77. The van der Waals surface area contributed by atoms with E-state index in [1.54, 1.807) is 0 Å². The van der Waals surface area contributed by atoms with Crippen molar-refractivity contribution in [2.75, 3.05) is 0 Å². The Hall–Kier alpha value is -0.520. The van der Waals surface area contributed by atoms with Crippen molar-refractivity contribution in [1.29, 1.82) is 0 Å². The van der Waals surface area contributed by atoms with Crippen LogP contribution in [0, 0.1) is 0 Å². The average Bonchev–Trinajstić information content (AvgIpc) is 2.57. The van der Waals surface area contributed by atoms with Gasteiger partial charge in [-0.05, 0) is 44.9 Å². The van der Waals surface area contributed by atoms with E-state index in [0.29, 0.717) is 0 Å². The summed E-state index contributed by atoms with van der Waals surface area (Å²) in [5.74, 6) is 0. The first-order valence-electron chi connectivity index (χ1n) is 10.7. The van der Waals surface area contributed by atoms with Crippen LogP contribution in [-0.2, 0) is 0 Å². The Bertz CT molecular complexity index is 249. The van der Waals surface area contributed by atoms with Crippen LogP contribution in [-0.4, -0.2) is 0 Å². The lowest BCUT2D eigenvalue weighted by molar-refractivity contribution is 0.550. The Kier molecular flexibility index (Phi) is 21.0. The first-order valence-corrected chi connectivity index (χ1v) is 10.7. The third-order valence-electron chi connectivity index (χ3n) is 4.53. The summed E-state index contributed by atoms with van der Waals surface area (Å²) in [6.45, 7) is 4.50. The summed E-state index contributed by atoms with van der Waals surface area (Å²) in [6.07, 6.45) is 33.0. The molecule has 23 heavy (non-hydrogen) atoms. The van der Waals surface area contributed by atoms with Crippen molar-refractivity contribution < 1.29 is 0 Å². The van der Waals surface area contributed by atoms with Gasteiger partial charge in [0.1, 0.15) is 0 Å². The highest BCUT2D eigenvalue weighted by atomic mass is 14.0. The fraction of sp³-hybridized carbons (Fsp3) is 0.826. The quantitative estimate of drug-likeness (QED) is 0.175. The first-order chi connectivity index (χ1) is 11.4. The number of hydrogen-bond donors (Lipinski definition) is 0. The van der Waals surface area contributed by atoms with Gasteiger partial charge in [-0.3, -0.25) is 0 Å². The molecule has 0 saturated heterocycles. The van der Waals surface area contributed by atoms with Crippen molar-refractivity contribution >= 4 is 0 Å². The van der Waals surface area contributed by atoms with E-state index in [0.717, 1.165) is 0 Å². The third kappa shape index (κ3) is 21.5. The van der Waals surface area contributed by atoms with Crippen LogP contribution in [0.15, 0.2) is 24.3 Å². The summed E-state index contributed by atoms with van der Waals surface area (Å²) in [6, 6.07) is 0. The molecule has 0 aliphatic carbocycles. The van der Waals surface area contributed by atoms with Crippen molar-refractivity contribution in [3.8, 4) is 0 Å². The molecule has 0 fully saturated rings. The van der Waals surface area contributed by atoms with Crippen LogP contribution >= 0.6 is 0 Å². The summed E-state index contributed by atoms with van der Waals surface area (Å²) in [5, 5.41) is 0. The minimum atomic E-state index is 1.18. The van der Waals surface area contributed by atoms with E-state index in [1.807, 2.05) is 0 Å². The molecule has 0 radical (unpaired) electrons. The van der Waals surface area contributed by atoms with Gasteiger partial charge in [-0.2, -0.15) is 0 Å². The molecule has 0 atom stereocenters. The van der Waals surface area contributed by atoms with Gasteiger partial charge in [0.05, 0.1) is 0 Å². The fourth-order valence-electron chi connectivity index (χ4n) is 2.97. The van der Waals surface area contributed by atoms with Crippen LogP contribution < -0.4 is 0 Å². The maximum Gasteiger partial charge on any atom is -0.0351 e. The lowest BCUT2D eigenvalue weighted by Gasteiger charge is -2.01. The zero-order valence-electron chi connectivity index (χ0n) is 16.3. The molecule has 0 nitrogen and oxygen atoms in total. The van der Waals surface area contributed by atoms with Gasteiger partial charge in [-0.25, -0.2) is 0 Å².